The van der Waals surface area contributed by atoms with Crippen LogP contribution in [0.3, 0.4) is 0 Å². The zero-order chi connectivity index (χ0) is 34.1. The zero-order valence-corrected chi connectivity index (χ0v) is 28.3. The van der Waals surface area contributed by atoms with Gasteiger partial charge >= 0.3 is 11.9 Å². The lowest BCUT2D eigenvalue weighted by Gasteiger charge is -2.64. The Kier molecular flexibility index (Phi) is 5.79. The predicted molar refractivity (Wildman–Crippen MR) is 192 cm³/mol. The van der Waals surface area contributed by atoms with Gasteiger partial charge in [-0.15, -0.1) is 0 Å². The Labute approximate surface area is 291 Å². The highest BCUT2D eigenvalue weighted by atomic mass is 16.5. The number of carbonyl (C=O) groups is 2. The van der Waals surface area contributed by atoms with E-state index in [0.717, 1.165) is 11.1 Å². The first kappa shape index (κ1) is 29.2. The third-order valence-corrected chi connectivity index (χ3v) is 12.1. The lowest BCUT2D eigenvalue weighted by atomic mass is 9.36. The summed E-state index contributed by atoms with van der Waals surface area (Å²) in [4.78, 5) is 26.8. The monoisotopic (exact) mass is 650 g/mol. The van der Waals surface area contributed by atoms with Gasteiger partial charge in [-0.3, -0.25) is 0 Å². The van der Waals surface area contributed by atoms with E-state index in [0.29, 0.717) is 11.1 Å². The highest BCUT2D eigenvalue weighted by molar-refractivity contribution is 5.93. The summed E-state index contributed by atoms with van der Waals surface area (Å²) in [7, 11) is 2.88. The summed E-state index contributed by atoms with van der Waals surface area (Å²) in [5.74, 6) is -0.739. The van der Waals surface area contributed by atoms with Crippen LogP contribution in [-0.4, -0.2) is 26.2 Å². The molecule has 0 radical (unpaired) electrons. The molecule has 0 saturated heterocycles. The Bertz CT molecular complexity index is 2330. The predicted octanol–water partition coefficient (Wildman–Crippen LogP) is 8.86. The van der Waals surface area contributed by atoms with Crippen LogP contribution in [0.1, 0.15) is 110 Å². The van der Waals surface area contributed by atoms with Crippen molar-refractivity contribution in [2.24, 2.45) is 0 Å². The summed E-state index contributed by atoms with van der Waals surface area (Å²) in [6.45, 7) is 4.33. The number of methoxy groups -OCH3 is 2. The summed E-state index contributed by atoms with van der Waals surface area (Å²) in [6.07, 6.45) is 0. The second-order valence-corrected chi connectivity index (χ2v) is 14.3. The van der Waals surface area contributed by atoms with Crippen molar-refractivity contribution >= 4 is 11.9 Å². The molecule has 0 amide bonds. The molecule has 2 unspecified atom stereocenters. The number of rotatable bonds is 3. The topological polar surface area (TPSA) is 52.6 Å². The van der Waals surface area contributed by atoms with Gasteiger partial charge in [0.15, 0.2) is 0 Å². The van der Waals surface area contributed by atoms with Crippen molar-refractivity contribution in [2.75, 3.05) is 14.2 Å². The Morgan fingerprint density at radius 1 is 0.440 bits per heavy atom. The Balaban J connectivity index is 1.51. The number of hydrogen-bond donors (Lipinski definition) is 0. The highest BCUT2D eigenvalue weighted by Crippen LogP contribution is 2.73. The van der Waals surface area contributed by atoms with E-state index in [4.69, 9.17) is 9.47 Å². The van der Waals surface area contributed by atoms with Gasteiger partial charge in [-0.05, 0) is 105 Å². The SMILES string of the molecule is COC(=O)c1ccc2c(c1)[C@]1([C@@]34c5ccccc5C(c5cc(C)ccc53)c3ccc(C(=O)OC)cc34)c3ccccc3C2c2cc(C)ccc21. The Hall–Kier alpha value is -5.74. The average molecular weight is 651 g/mol. The van der Waals surface area contributed by atoms with E-state index in [1.54, 1.807) is 0 Å². The molecular weight excluding hydrogens is 617 g/mol. The third kappa shape index (κ3) is 3.23. The molecule has 6 aromatic carbocycles. The number of esters is 2. The van der Waals surface area contributed by atoms with Gasteiger partial charge in [0.05, 0.1) is 36.2 Å². The molecule has 6 aliphatic rings. The van der Waals surface area contributed by atoms with Crippen molar-refractivity contribution in [3.8, 4) is 0 Å². The molecule has 0 N–H and O–H groups in total. The van der Waals surface area contributed by atoms with Crippen molar-refractivity contribution < 1.29 is 19.1 Å². The van der Waals surface area contributed by atoms with Gasteiger partial charge in [0.25, 0.3) is 0 Å². The van der Waals surface area contributed by atoms with Crippen molar-refractivity contribution in [3.05, 3.63) is 210 Å². The van der Waals surface area contributed by atoms with Crippen molar-refractivity contribution in [2.45, 2.75) is 36.5 Å². The van der Waals surface area contributed by atoms with Crippen molar-refractivity contribution in [1.29, 1.82) is 0 Å². The lowest BCUT2D eigenvalue weighted by Crippen LogP contribution is -2.61. The van der Waals surface area contributed by atoms with E-state index in [2.05, 4.69) is 123 Å². The van der Waals surface area contributed by atoms with Crippen LogP contribution in [0.15, 0.2) is 121 Å². The molecule has 242 valence electrons. The fraction of sp³-hybridized carbons (Fsp3) is 0.174. The summed E-state index contributed by atoms with van der Waals surface area (Å²) in [5, 5.41) is 0. The van der Waals surface area contributed by atoms with Crippen LogP contribution in [0.25, 0.3) is 0 Å². The molecule has 6 aliphatic carbocycles. The number of carbonyl (C=O) groups excluding carboxylic acids is 2. The van der Waals surface area contributed by atoms with Gasteiger partial charge in [-0.2, -0.15) is 0 Å². The molecule has 6 aromatic rings. The first-order chi connectivity index (χ1) is 24.4. The lowest BCUT2D eigenvalue weighted by molar-refractivity contribution is 0.0591. The minimum atomic E-state index is -0.851. The number of ether oxygens (including phenoxy) is 2. The maximum Gasteiger partial charge on any atom is 0.337 e. The zero-order valence-electron chi connectivity index (χ0n) is 28.3. The largest absolute Gasteiger partial charge is 0.465 e. The maximum absolute atomic E-state index is 13.4. The van der Waals surface area contributed by atoms with E-state index < -0.39 is 10.8 Å². The summed E-state index contributed by atoms with van der Waals surface area (Å²) in [5.41, 5.74) is 16.3. The van der Waals surface area contributed by atoms with Crippen LogP contribution in [0.4, 0.5) is 0 Å². The standard InChI is InChI=1S/C46H34O4/c1-25-13-19-37-33(21-25)41-29-9-5-7-11-35(29)45(37,39-23-27(43(47)49-3)15-17-31(39)41)46-36-12-8-6-10-30(36)42(34-22-26(2)14-20-38(34)46)32-18-16-28(24-40(32)46)44(48)50-4/h5-24,41-42H,1-4H3/t41?,42?,45-,46-/m0/s1. The number of aryl methyl sites for hydroxylation is 2. The first-order valence-corrected chi connectivity index (χ1v) is 17.2. The van der Waals surface area contributed by atoms with Crippen molar-refractivity contribution in [1.82, 2.24) is 0 Å². The molecule has 0 aliphatic heterocycles. The van der Waals surface area contributed by atoms with Crippen LogP contribution in [0, 0.1) is 13.8 Å². The van der Waals surface area contributed by atoms with E-state index in [1.807, 2.05) is 12.1 Å². The molecule has 0 aromatic heterocycles. The fourth-order valence-corrected chi connectivity index (χ4v) is 10.5. The van der Waals surface area contributed by atoms with E-state index >= 15 is 0 Å². The molecular formula is C46H34O4. The van der Waals surface area contributed by atoms with Crippen LogP contribution in [0.5, 0.6) is 0 Å². The van der Waals surface area contributed by atoms with E-state index in [9.17, 15) is 9.59 Å². The van der Waals surface area contributed by atoms with Gasteiger partial charge in [0.1, 0.15) is 0 Å². The molecule has 4 heteroatoms. The molecule has 0 fully saturated rings. The molecule has 50 heavy (non-hydrogen) atoms. The Morgan fingerprint density at radius 3 is 1.24 bits per heavy atom. The minimum Gasteiger partial charge on any atom is -0.465 e. The summed E-state index contributed by atoms with van der Waals surface area (Å²) >= 11 is 0. The normalized spacial score (nSPS) is 22.3. The second kappa shape index (κ2) is 9.92. The Morgan fingerprint density at radius 2 is 0.820 bits per heavy atom. The van der Waals surface area contributed by atoms with Crippen LogP contribution in [-0.2, 0) is 20.3 Å². The smallest absolute Gasteiger partial charge is 0.337 e. The summed E-state index contributed by atoms with van der Waals surface area (Å²) < 4.78 is 10.7. The second-order valence-electron chi connectivity index (χ2n) is 14.3. The maximum atomic E-state index is 13.4. The molecule has 4 atom stereocenters. The molecule has 0 saturated carbocycles. The quantitative estimate of drug-likeness (QED) is 0.180. The first-order valence-electron chi connectivity index (χ1n) is 17.2. The van der Waals surface area contributed by atoms with Crippen LogP contribution in [0.2, 0.25) is 0 Å². The molecule has 0 heterocycles. The highest BCUT2D eigenvalue weighted by Gasteiger charge is 2.68. The fourth-order valence-electron chi connectivity index (χ4n) is 10.5. The van der Waals surface area contributed by atoms with E-state index in [-0.39, 0.29) is 23.8 Å². The molecule has 12 rings (SSSR count). The number of benzene rings is 6. The van der Waals surface area contributed by atoms with Gasteiger partial charge in [0.2, 0.25) is 0 Å². The van der Waals surface area contributed by atoms with Gasteiger partial charge < -0.3 is 9.47 Å². The average Bonchev–Trinajstić information content (AvgIpc) is 3.16. The molecule has 0 spiro atoms. The summed E-state index contributed by atoms with van der Waals surface area (Å²) in [6, 6.07) is 44.0. The van der Waals surface area contributed by atoms with E-state index in [1.165, 1.54) is 81.0 Å². The van der Waals surface area contributed by atoms with Gasteiger partial charge in [-0.25, -0.2) is 9.59 Å². The minimum absolute atomic E-state index is 0.00499. The molecule has 4 bridgehead atoms. The molecule has 4 nitrogen and oxygen atoms in total. The van der Waals surface area contributed by atoms with Crippen molar-refractivity contribution in [3.63, 3.8) is 0 Å². The van der Waals surface area contributed by atoms with Gasteiger partial charge in [-0.1, -0.05) is 108 Å². The van der Waals surface area contributed by atoms with Crippen LogP contribution >= 0.6 is 0 Å². The van der Waals surface area contributed by atoms with Gasteiger partial charge in [0, 0.05) is 11.8 Å². The van der Waals surface area contributed by atoms with Crippen LogP contribution < -0.4 is 0 Å². The third-order valence-electron chi connectivity index (χ3n) is 12.1. The number of hydrogen-bond acceptors (Lipinski definition) is 4.